The van der Waals surface area contributed by atoms with E-state index in [-0.39, 0.29) is 5.91 Å². The summed E-state index contributed by atoms with van der Waals surface area (Å²) in [6.45, 7) is 1.55. The Morgan fingerprint density at radius 3 is 2.75 bits per heavy atom. The number of nitrogens with one attached hydrogen (secondary N) is 1. The molecule has 1 N–H and O–H groups in total. The van der Waals surface area contributed by atoms with Gasteiger partial charge in [-0.3, -0.25) is 4.79 Å². The van der Waals surface area contributed by atoms with Crippen molar-refractivity contribution in [3.05, 3.63) is 40.8 Å². The van der Waals surface area contributed by atoms with Crippen LogP contribution in [0.4, 0.5) is 5.69 Å². The molecule has 1 aliphatic carbocycles. The number of rotatable bonds is 4. The van der Waals surface area contributed by atoms with Crippen molar-refractivity contribution in [3.8, 4) is 5.75 Å². The molecule has 5 rings (SSSR count). The molecular formula is C21H23N3O4. The molecule has 0 unspecified atom stereocenters. The Hall–Kier alpha value is -2.67. The SMILES string of the molecule is COc1ccc(C2CCOCC2)c2c1CC(NC(=O)c1cnoc1C1CC1)=N2. The smallest absolute Gasteiger partial charge is 0.261 e. The Balaban J connectivity index is 1.41. The number of benzene rings is 1. The molecule has 0 bridgehead atoms. The molecule has 1 saturated carbocycles. The van der Waals surface area contributed by atoms with Crippen molar-refractivity contribution in [2.24, 2.45) is 4.99 Å². The number of aromatic nitrogens is 1. The molecule has 3 heterocycles. The zero-order valence-electron chi connectivity index (χ0n) is 15.9. The van der Waals surface area contributed by atoms with Gasteiger partial charge in [-0.25, -0.2) is 4.99 Å². The maximum Gasteiger partial charge on any atom is 0.261 e. The molecule has 2 aromatic rings. The zero-order valence-corrected chi connectivity index (χ0v) is 15.9. The average molecular weight is 381 g/mol. The van der Waals surface area contributed by atoms with Crippen LogP contribution in [-0.2, 0) is 11.2 Å². The van der Waals surface area contributed by atoms with E-state index in [1.165, 1.54) is 11.8 Å². The van der Waals surface area contributed by atoms with E-state index in [0.717, 1.165) is 55.9 Å². The Morgan fingerprint density at radius 1 is 1.18 bits per heavy atom. The van der Waals surface area contributed by atoms with Gasteiger partial charge in [-0.05, 0) is 43.2 Å². The van der Waals surface area contributed by atoms with Crippen LogP contribution in [0.3, 0.4) is 0 Å². The van der Waals surface area contributed by atoms with Crippen LogP contribution in [0.2, 0.25) is 0 Å². The van der Waals surface area contributed by atoms with Crippen molar-refractivity contribution in [2.45, 2.75) is 43.9 Å². The molecule has 7 heteroatoms. The minimum Gasteiger partial charge on any atom is -0.496 e. The number of carbonyl (C=O) groups excluding carboxylic acids is 1. The minimum atomic E-state index is -0.207. The molecule has 1 aromatic heterocycles. The largest absolute Gasteiger partial charge is 0.496 e. The van der Waals surface area contributed by atoms with E-state index in [0.29, 0.717) is 35.4 Å². The molecule has 3 aliphatic rings. The van der Waals surface area contributed by atoms with Gasteiger partial charge >= 0.3 is 0 Å². The molecular weight excluding hydrogens is 358 g/mol. The lowest BCUT2D eigenvalue weighted by Crippen LogP contribution is -2.30. The van der Waals surface area contributed by atoms with Gasteiger partial charge in [0, 0.05) is 31.1 Å². The molecule has 2 aliphatic heterocycles. The van der Waals surface area contributed by atoms with Gasteiger partial charge < -0.3 is 19.3 Å². The predicted molar refractivity (Wildman–Crippen MR) is 103 cm³/mol. The van der Waals surface area contributed by atoms with Crippen LogP contribution >= 0.6 is 0 Å². The number of ether oxygens (including phenoxy) is 2. The van der Waals surface area contributed by atoms with Gasteiger partial charge in [-0.15, -0.1) is 0 Å². The monoisotopic (exact) mass is 381 g/mol. The summed E-state index contributed by atoms with van der Waals surface area (Å²) in [4.78, 5) is 17.6. The molecule has 28 heavy (non-hydrogen) atoms. The van der Waals surface area contributed by atoms with Crippen molar-refractivity contribution in [1.82, 2.24) is 10.5 Å². The van der Waals surface area contributed by atoms with E-state index < -0.39 is 0 Å². The van der Waals surface area contributed by atoms with Gasteiger partial charge in [0.05, 0.1) is 19.0 Å². The van der Waals surface area contributed by atoms with Crippen LogP contribution in [-0.4, -0.2) is 37.2 Å². The third-order valence-corrected chi connectivity index (χ3v) is 5.79. The number of amides is 1. The lowest BCUT2D eigenvalue weighted by atomic mass is 9.89. The van der Waals surface area contributed by atoms with Crippen molar-refractivity contribution in [1.29, 1.82) is 0 Å². The Bertz CT molecular complexity index is 939. The molecule has 1 saturated heterocycles. The zero-order chi connectivity index (χ0) is 19.1. The van der Waals surface area contributed by atoms with E-state index >= 15 is 0 Å². The third-order valence-electron chi connectivity index (χ3n) is 5.79. The van der Waals surface area contributed by atoms with Gasteiger partial charge in [0.2, 0.25) is 0 Å². The van der Waals surface area contributed by atoms with Crippen LogP contribution in [0.25, 0.3) is 0 Å². The fourth-order valence-corrected chi connectivity index (χ4v) is 4.14. The van der Waals surface area contributed by atoms with Crippen LogP contribution in [0, 0.1) is 0 Å². The topological polar surface area (TPSA) is 86.0 Å². The number of fused-ring (bicyclic) bond motifs is 1. The second-order valence-electron chi connectivity index (χ2n) is 7.64. The summed E-state index contributed by atoms with van der Waals surface area (Å²) < 4.78 is 16.3. The Morgan fingerprint density at radius 2 is 2.00 bits per heavy atom. The minimum absolute atomic E-state index is 0.207. The van der Waals surface area contributed by atoms with E-state index in [1.807, 2.05) is 6.07 Å². The van der Waals surface area contributed by atoms with Gasteiger partial charge in [0.25, 0.3) is 5.91 Å². The van der Waals surface area contributed by atoms with E-state index in [2.05, 4.69) is 16.5 Å². The maximum absolute atomic E-state index is 12.8. The van der Waals surface area contributed by atoms with Crippen molar-refractivity contribution in [3.63, 3.8) is 0 Å². The third kappa shape index (κ3) is 3.09. The van der Waals surface area contributed by atoms with Gasteiger partial charge in [0.1, 0.15) is 17.1 Å². The Kier molecular flexibility index (Phi) is 4.39. The maximum atomic E-state index is 12.8. The van der Waals surface area contributed by atoms with Gasteiger partial charge in [-0.2, -0.15) is 0 Å². The number of aliphatic imine (C=N–C) groups is 1. The highest BCUT2D eigenvalue weighted by atomic mass is 16.5. The summed E-state index contributed by atoms with van der Waals surface area (Å²) in [7, 11) is 1.67. The van der Waals surface area contributed by atoms with E-state index in [4.69, 9.17) is 19.0 Å². The van der Waals surface area contributed by atoms with E-state index in [1.54, 1.807) is 7.11 Å². The molecule has 7 nitrogen and oxygen atoms in total. The fourth-order valence-electron chi connectivity index (χ4n) is 4.14. The number of methoxy groups -OCH3 is 1. The first-order valence-corrected chi connectivity index (χ1v) is 9.85. The first kappa shape index (κ1) is 17.4. The normalized spacial score (nSPS) is 19.2. The molecule has 1 amide bonds. The first-order chi connectivity index (χ1) is 13.7. The second kappa shape index (κ2) is 7.05. The quantitative estimate of drug-likeness (QED) is 0.876. The molecule has 0 atom stereocenters. The lowest BCUT2D eigenvalue weighted by Gasteiger charge is -2.24. The molecule has 1 aromatic carbocycles. The summed E-state index contributed by atoms with van der Waals surface area (Å²) in [5.41, 5.74) is 3.70. The summed E-state index contributed by atoms with van der Waals surface area (Å²) >= 11 is 0. The number of amidine groups is 1. The van der Waals surface area contributed by atoms with Crippen LogP contribution in [0.1, 0.15) is 64.8 Å². The summed E-state index contributed by atoms with van der Waals surface area (Å²) in [6, 6.07) is 4.11. The first-order valence-electron chi connectivity index (χ1n) is 9.85. The van der Waals surface area contributed by atoms with Crippen molar-refractivity contribution >= 4 is 17.4 Å². The molecule has 146 valence electrons. The fraction of sp³-hybridized carbons (Fsp3) is 0.476. The van der Waals surface area contributed by atoms with Crippen LogP contribution < -0.4 is 10.1 Å². The van der Waals surface area contributed by atoms with Gasteiger partial charge in [0.15, 0.2) is 5.76 Å². The number of nitrogens with zero attached hydrogens (tertiary/aromatic N) is 2. The summed E-state index contributed by atoms with van der Waals surface area (Å²) in [6.07, 6.45) is 6.12. The number of hydrogen-bond donors (Lipinski definition) is 1. The van der Waals surface area contributed by atoms with Crippen LogP contribution in [0.15, 0.2) is 27.8 Å². The molecule has 2 fully saturated rings. The number of hydrogen-bond acceptors (Lipinski definition) is 6. The van der Waals surface area contributed by atoms with Crippen molar-refractivity contribution < 1.29 is 18.8 Å². The highest BCUT2D eigenvalue weighted by molar-refractivity contribution is 6.09. The molecule has 0 radical (unpaired) electrons. The average Bonchev–Trinajstić information content (AvgIpc) is 3.29. The second-order valence-corrected chi connectivity index (χ2v) is 7.64. The Labute approximate surface area is 163 Å². The highest BCUT2D eigenvalue weighted by Gasteiger charge is 2.33. The summed E-state index contributed by atoms with van der Waals surface area (Å²) in [5.74, 6) is 2.68. The predicted octanol–water partition coefficient (Wildman–Crippen LogP) is 3.47. The molecule has 0 spiro atoms. The van der Waals surface area contributed by atoms with E-state index in [9.17, 15) is 4.79 Å². The highest BCUT2D eigenvalue weighted by Crippen LogP contribution is 2.43. The standard InChI is InChI=1S/C21H23N3O4/c1-26-17-5-4-14(12-6-8-27-9-7-12)19-15(17)10-18(23-19)24-21(25)16-11-22-28-20(16)13-2-3-13/h4-5,11-13H,2-3,6-10H2,1H3,(H,23,24,25). The van der Waals surface area contributed by atoms with Crippen molar-refractivity contribution in [2.75, 3.05) is 20.3 Å². The summed E-state index contributed by atoms with van der Waals surface area (Å²) in [5, 5.41) is 6.78. The van der Waals surface area contributed by atoms with Crippen LogP contribution in [0.5, 0.6) is 5.75 Å². The number of carbonyl (C=O) groups is 1. The van der Waals surface area contributed by atoms with Gasteiger partial charge in [-0.1, -0.05) is 11.2 Å². The lowest BCUT2D eigenvalue weighted by molar-refractivity contribution is 0.0854.